The van der Waals surface area contributed by atoms with Crippen LogP contribution in [0.2, 0.25) is 0 Å². The quantitative estimate of drug-likeness (QED) is 0.352. The van der Waals surface area contributed by atoms with E-state index in [2.05, 4.69) is 21.2 Å². The summed E-state index contributed by atoms with van der Waals surface area (Å²) in [6.07, 6.45) is 4.44. The average molecular weight is 553 g/mol. The predicted molar refractivity (Wildman–Crippen MR) is 141 cm³/mol. The van der Waals surface area contributed by atoms with Crippen molar-refractivity contribution in [2.75, 3.05) is 6.61 Å². The van der Waals surface area contributed by atoms with Gasteiger partial charge in [-0.3, -0.25) is 9.59 Å². The van der Waals surface area contributed by atoms with Crippen molar-refractivity contribution in [3.63, 3.8) is 0 Å². The van der Waals surface area contributed by atoms with Crippen molar-refractivity contribution in [2.45, 2.75) is 50.7 Å². The zero-order chi connectivity index (χ0) is 25.3. The SMILES string of the molecule is O=C(NC1CCCC1)C(Cc1ccccc1)N(Cc1ccc(F)cc1)C(=O)COc1ccc(Br)cc1. The number of hydrogen-bond acceptors (Lipinski definition) is 3. The average Bonchev–Trinajstić information content (AvgIpc) is 3.40. The van der Waals surface area contributed by atoms with Crippen LogP contribution in [0.4, 0.5) is 4.39 Å². The van der Waals surface area contributed by atoms with Gasteiger partial charge < -0.3 is 15.0 Å². The third kappa shape index (κ3) is 7.40. The van der Waals surface area contributed by atoms with Crippen LogP contribution in [-0.2, 0) is 22.6 Å². The number of amides is 2. The Bertz CT molecular complexity index is 1130. The van der Waals surface area contributed by atoms with Crippen molar-refractivity contribution < 1.29 is 18.7 Å². The molecule has 1 fully saturated rings. The largest absolute Gasteiger partial charge is 0.484 e. The van der Waals surface area contributed by atoms with Crippen LogP contribution >= 0.6 is 15.9 Å². The summed E-state index contributed by atoms with van der Waals surface area (Å²) in [6, 6.07) is 22.3. The number of carbonyl (C=O) groups excluding carboxylic acids is 2. The molecule has 188 valence electrons. The molecule has 1 N–H and O–H groups in total. The highest BCUT2D eigenvalue weighted by Gasteiger charge is 2.32. The summed E-state index contributed by atoms with van der Waals surface area (Å²) < 4.78 is 20.2. The van der Waals surface area contributed by atoms with Gasteiger partial charge in [-0.2, -0.15) is 0 Å². The van der Waals surface area contributed by atoms with Crippen LogP contribution in [0, 0.1) is 5.82 Å². The van der Waals surface area contributed by atoms with Crippen molar-refractivity contribution in [2.24, 2.45) is 0 Å². The van der Waals surface area contributed by atoms with Crippen LogP contribution in [0.5, 0.6) is 5.75 Å². The number of benzene rings is 3. The highest BCUT2D eigenvalue weighted by Crippen LogP contribution is 2.21. The minimum absolute atomic E-state index is 0.123. The molecular formula is C29H30BrFN2O3. The fourth-order valence-electron chi connectivity index (χ4n) is 4.47. The molecule has 4 rings (SSSR count). The van der Waals surface area contributed by atoms with Gasteiger partial charge in [-0.15, -0.1) is 0 Å². The molecule has 2 amide bonds. The zero-order valence-corrected chi connectivity index (χ0v) is 21.6. The lowest BCUT2D eigenvalue weighted by atomic mass is 10.0. The third-order valence-electron chi connectivity index (χ3n) is 6.41. The maximum atomic E-state index is 13.6. The number of carbonyl (C=O) groups is 2. The lowest BCUT2D eigenvalue weighted by Gasteiger charge is -2.32. The number of nitrogens with one attached hydrogen (secondary N) is 1. The Morgan fingerprint density at radius 3 is 2.28 bits per heavy atom. The van der Waals surface area contributed by atoms with Gasteiger partial charge in [-0.1, -0.05) is 71.2 Å². The zero-order valence-electron chi connectivity index (χ0n) is 20.0. The summed E-state index contributed by atoms with van der Waals surface area (Å²) >= 11 is 3.39. The molecule has 0 aliphatic heterocycles. The monoisotopic (exact) mass is 552 g/mol. The summed E-state index contributed by atoms with van der Waals surface area (Å²) in [5, 5.41) is 3.17. The van der Waals surface area contributed by atoms with E-state index in [-0.39, 0.29) is 36.8 Å². The normalized spacial score (nSPS) is 14.3. The smallest absolute Gasteiger partial charge is 0.261 e. The van der Waals surface area contributed by atoms with E-state index in [1.54, 1.807) is 29.2 Å². The van der Waals surface area contributed by atoms with E-state index in [0.717, 1.165) is 41.3 Å². The lowest BCUT2D eigenvalue weighted by Crippen LogP contribution is -2.53. The van der Waals surface area contributed by atoms with Crippen LogP contribution in [0.25, 0.3) is 0 Å². The molecule has 7 heteroatoms. The van der Waals surface area contributed by atoms with E-state index in [0.29, 0.717) is 12.2 Å². The van der Waals surface area contributed by atoms with E-state index < -0.39 is 6.04 Å². The first-order valence-corrected chi connectivity index (χ1v) is 13.0. The Morgan fingerprint density at radius 1 is 0.944 bits per heavy atom. The second kappa shape index (κ2) is 12.7. The summed E-state index contributed by atoms with van der Waals surface area (Å²) in [5.41, 5.74) is 1.69. The predicted octanol–water partition coefficient (Wildman–Crippen LogP) is 5.67. The number of hydrogen-bond donors (Lipinski definition) is 1. The Labute approximate surface area is 219 Å². The van der Waals surface area contributed by atoms with Gasteiger partial charge in [0, 0.05) is 23.5 Å². The maximum absolute atomic E-state index is 13.6. The van der Waals surface area contributed by atoms with Crippen LogP contribution in [0.3, 0.4) is 0 Å². The summed E-state index contributed by atoms with van der Waals surface area (Å²) in [6.45, 7) is -0.0524. The van der Waals surface area contributed by atoms with Gasteiger partial charge in [0.25, 0.3) is 5.91 Å². The molecule has 3 aromatic rings. The van der Waals surface area contributed by atoms with E-state index in [4.69, 9.17) is 4.74 Å². The molecule has 1 atom stereocenters. The van der Waals surface area contributed by atoms with E-state index >= 15 is 0 Å². The van der Waals surface area contributed by atoms with Gasteiger partial charge >= 0.3 is 0 Å². The molecule has 1 aliphatic rings. The first-order chi connectivity index (χ1) is 17.5. The molecule has 5 nitrogen and oxygen atoms in total. The molecular weight excluding hydrogens is 523 g/mol. The van der Waals surface area contributed by atoms with Crippen LogP contribution in [0.1, 0.15) is 36.8 Å². The second-order valence-corrected chi connectivity index (χ2v) is 10.0. The Hall–Kier alpha value is -3.19. The standard InChI is InChI=1S/C29H30BrFN2O3/c30-23-12-16-26(17-13-23)36-20-28(34)33(19-22-10-14-24(31)15-11-22)27(18-21-6-2-1-3-7-21)29(35)32-25-8-4-5-9-25/h1-3,6-7,10-17,25,27H,4-5,8-9,18-20H2,(H,32,35). The van der Waals surface area contributed by atoms with Crippen molar-refractivity contribution in [3.8, 4) is 5.75 Å². The van der Waals surface area contributed by atoms with Crippen molar-refractivity contribution in [1.82, 2.24) is 10.2 Å². The van der Waals surface area contributed by atoms with Gasteiger partial charge in [0.15, 0.2) is 6.61 Å². The number of ether oxygens (including phenoxy) is 1. The fourth-order valence-corrected chi connectivity index (χ4v) is 4.73. The molecule has 0 aromatic heterocycles. The van der Waals surface area contributed by atoms with Crippen LogP contribution < -0.4 is 10.1 Å². The minimum atomic E-state index is -0.737. The molecule has 0 heterocycles. The molecule has 0 radical (unpaired) electrons. The van der Waals surface area contributed by atoms with E-state index in [1.165, 1.54) is 12.1 Å². The van der Waals surface area contributed by atoms with Gasteiger partial charge in [-0.05, 0) is 60.4 Å². The Morgan fingerprint density at radius 2 is 1.61 bits per heavy atom. The van der Waals surface area contributed by atoms with Crippen LogP contribution in [0.15, 0.2) is 83.3 Å². The van der Waals surface area contributed by atoms with Gasteiger partial charge in [0.05, 0.1) is 0 Å². The Kier molecular flexibility index (Phi) is 9.11. The van der Waals surface area contributed by atoms with Crippen LogP contribution in [-0.4, -0.2) is 35.4 Å². The molecule has 1 unspecified atom stereocenters. The highest BCUT2D eigenvalue weighted by atomic mass is 79.9. The maximum Gasteiger partial charge on any atom is 0.261 e. The molecule has 36 heavy (non-hydrogen) atoms. The topological polar surface area (TPSA) is 58.6 Å². The van der Waals surface area contributed by atoms with Crippen molar-refractivity contribution in [3.05, 3.63) is 100 Å². The first kappa shape index (κ1) is 25.9. The Balaban J connectivity index is 1.59. The minimum Gasteiger partial charge on any atom is -0.484 e. The highest BCUT2D eigenvalue weighted by molar-refractivity contribution is 9.10. The molecule has 1 saturated carbocycles. The van der Waals surface area contributed by atoms with Gasteiger partial charge in [0.2, 0.25) is 5.91 Å². The molecule has 0 bridgehead atoms. The second-order valence-electron chi connectivity index (χ2n) is 9.09. The van der Waals surface area contributed by atoms with Gasteiger partial charge in [-0.25, -0.2) is 4.39 Å². The third-order valence-corrected chi connectivity index (χ3v) is 6.94. The molecule has 3 aromatic carbocycles. The lowest BCUT2D eigenvalue weighted by molar-refractivity contribution is -0.143. The summed E-state index contributed by atoms with van der Waals surface area (Å²) in [5.74, 6) is -0.284. The molecule has 0 saturated heterocycles. The first-order valence-electron chi connectivity index (χ1n) is 12.2. The number of halogens is 2. The molecule has 1 aliphatic carbocycles. The van der Waals surface area contributed by atoms with Crippen molar-refractivity contribution in [1.29, 1.82) is 0 Å². The number of rotatable bonds is 10. The van der Waals surface area contributed by atoms with Gasteiger partial charge in [0.1, 0.15) is 17.6 Å². The summed E-state index contributed by atoms with van der Waals surface area (Å²) in [7, 11) is 0. The van der Waals surface area contributed by atoms with Crippen molar-refractivity contribution >= 4 is 27.7 Å². The van der Waals surface area contributed by atoms with E-state index in [1.807, 2.05) is 42.5 Å². The molecule has 0 spiro atoms. The summed E-state index contributed by atoms with van der Waals surface area (Å²) in [4.78, 5) is 28.7. The van der Waals surface area contributed by atoms with E-state index in [9.17, 15) is 14.0 Å². The number of nitrogens with zero attached hydrogens (tertiary/aromatic N) is 1. The fraction of sp³-hybridized carbons (Fsp3) is 0.310.